The topological polar surface area (TPSA) is 55.4 Å². The number of hydrogen-bond acceptors (Lipinski definition) is 4. The Bertz CT molecular complexity index is 1110. The van der Waals surface area contributed by atoms with Crippen LogP contribution in [0.1, 0.15) is 23.7 Å². The van der Waals surface area contributed by atoms with Crippen LogP contribution in [-0.2, 0) is 13.9 Å². The van der Waals surface area contributed by atoms with Crippen molar-refractivity contribution < 1.29 is 13.9 Å². The summed E-state index contributed by atoms with van der Waals surface area (Å²) in [5.41, 5.74) is 0.698. The van der Waals surface area contributed by atoms with E-state index in [9.17, 15) is 9.36 Å². The minimum atomic E-state index is -3.25. The molecular weight excluding hydrogens is 540 g/mol. The van der Waals surface area contributed by atoms with Gasteiger partial charge in [0.25, 0.3) is 0 Å². The highest BCUT2D eigenvalue weighted by Crippen LogP contribution is 2.58. The third kappa shape index (κ3) is 5.50. The Hall–Kier alpha value is -1.18. The Morgan fingerprint density at radius 1 is 1.34 bits per heavy atom. The van der Waals surface area contributed by atoms with E-state index in [1.54, 1.807) is 31.3 Å². The summed E-state index contributed by atoms with van der Waals surface area (Å²) in [6.45, 7) is 3.58. The number of carbonyl (C=O) groups excluding carboxylic acids is 1. The number of amides is 1. The molecule has 4 nitrogen and oxygen atoms in total. The average molecular weight is 560 g/mol. The van der Waals surface area contributed by atoms with Gasteiger partial charge in [0.2, 0.25) is 13.3 Å². The second-order valence-corrected chi connectivity index (χ2v) is 11.6. The maximum Gasteiger partial charge on any atom is 0.241 e. The Morgan fingerprint density at radius 3 is 2.86 bits per heavy atom. The molecule has 2 atom stereocenters. The van der Waals surface area contributed by atoms with E-state index in [1.165, 1.54) is 18.0 Å². The van der Waals surface area contributed by atoms with Crippen molar-refractivity contribution in [1.29, 1.82) is 0 Å². The summed E-state index contributed by atoms with van der Waals surface area (Å²) >= 11 is 9.76. The van der Waals surface area contributed by atoms with Crippen LogP contribution >= 0.6 is 52.9 Å². The van der Waals surface area contributed by atoms with Crippen molar-refractivity contribution in [3.05, 3.63) is 73.8 Å². The standard InChI is InChI=1S/C21H20ClINO3PS/c1-3-27-28(2,26)20(18-13-29-19-8-7-16(23)12-17(18)19)21(25)24-10-9-14-5-4-6-15(22)11-14/h4-13,20H,3H2,1-2H3,(H,24,25). The molecule has 2 aromatic carbocycles. The number of rotatable bonds is 7. The van der Waals surface area contributed by atoms with E-state index in [2.05, 4.69) is 27.9 Å². The molecule has 0 radical (unpaired) electrons. The molecular formula is C21H20ClINO3PS. The lowest BCUT2D eigenvalue weighted by molar-refractivity contribution is -0.120. The number of hydrogen-bond donors (Lipinski definition) is 1. The normalized spacial score (nSPS) is 14.8. The number of carbonyl (C=O) groups is 1. The van der Waals surface area contributed by atoms with Crippen LogP contribution in [0.4, 0.5) is 0 Å². The first-order valence-electron chi connectivity index (χ1n) is 8.92. The summed E-state index contributed by atoms with van der Waals surface area (Å²) in [6, 6.07) is 13.3. The van der Waals surface area contributed by atoms with Crippen LogP contribution in [0.15, 0.2) is 54.0 Å². The lowest BCUT2D eigenvalue weighted by Crippen LogP contribution is -2.25. The molecule has 0 fully saturated rings. The first-order valence-corrected chi connectivity index (χ1v) is 13.4. The van der Waals surface area contributed by atoms with Gasteiger partial charge in [-0.15, -0.1) is 11.3 Å². The van der Waals surface area contributed by atoms with E-state index in [-0.39, 0.29) is 12.5 Å². The summed E-state index contributed by atoms with van der Waals surface area (Å²) in [7, 11) is -3.25. The lowest BCUT2D eigenvalue weighted by atomic mass is 10.1. The SMILES string of the molecule is CCOP(C)(=O)C(C(=O)NC=Cc1cccc(Cl)c1)c1csc2ccc(I)cc12. The van der Waals surface area contributed by atoms with Gasteiger partial charge in [-0.2, -0.15) is 0 Å². The van der Waals surface area contributed by atoms with Crippen LogP contribution in [0.2, 0.25) is 5.02 Å². The number of thiophene rings is 1. The van der Waals surface area contributed by atoms with Gasteiger partial charge in [0.05, 0.1) is 6.61 Å². The zero-order valence-electron chi connectivity index (χ0n) is 15.9. The van der Waals surface area contributed by atoms with Crippen molar-refractivity contribution in [2.45, 2.75) is 12.6 Å². The van der Waals surface area contributed by atoms with Gasteiger partial charge in [0.1, 0.15) is 5.66 Å². The average Bonchev–Trinajstić information content (AvgIpc) is 3.04. The van der Waals surface area contributed by atoms with Crippen molar-refractivity contribution in [3.63, 3.8) is 0 Å². The summed E-state index contributed by atoms with van der Waals surface area (Å²) in [4.78, 5) is 13.1. The van der Waals surface area contributed by atoms with Gasteiger partial charge in [0.15, 0.2) is 0 Å². The Morgan fingerprint density at radius 2 is 2.14 bits per heavy atom. The minimum Gasteiger partial charge on any atom is -0.332 e. The molecule has 0 saturated heterocycles. The van der Waals surface area contributed by atoms with Gasteiger partial charge < -0.3 is 9.84 Å². The molecule has 1 N–H and O–H groups in total. The van der Waals surface area contributed by atoms with Crippen LogP contribution in [-0.4, -0.2) is 19.2 Å². The van der Waals surface area contributed by atoms with Gasteiger partial charge in [-0.25, -0.2) is 0 Å². The highest BCUT2D eigenvalue weighted by Gasteiger charge is 2.38. The maximum atomic E-state index is 13.3. The molecule has 0 saturated carbocycles. The molecule has 3 rings (SSSR count). The van der Waals surface area contributed by atoms with Crippen molar-refractivity contribution in [2.75, 3.05) is 13.3 Å². The Kier molecular flexibility index (Phi) is 7.57. The zero-order valence-corrected chi connectivity index (χ0v) is 20.5. The van der Waals surface area contributed by atoms with Crippen LogP contribution in [0.25, 0.3) is 16.2 Å². The Labute approximate surface area is 192 Å². The highest BCUT2D eigenvalue weighted by molar-refractivity contribution is 14.1. The molecule has 1 amide bonds. The Balaban J connectivity index is 1.94. The number of nitrogens with one attached hydrogen (secondary N) is 1. The van der Waals surface area contributed by atoms with Gasteiger partial charge >= 0.3 is 0 Å². The molecule has 1 heterocycles. The van der Waals surface area contributed by atoms with Crippen molar-refractivity contribution in [2.24, 2.45) is 0 Å². The van der Waals surface area contributed by atoms with Crippen LogP contribution in [0.5, 0.6) is 0 Å². The van der Waals surface area contributed by atoms with E-state index in [0.717, 1.165) is 24.8 Å². The second-order valence-electron chi connectivity index (χ2n) is 6.46. The van der Waals surface area contributed by atoms with Gasteiger partial charge in [-0.1, -0.05) is 23.7 Å². The largest absolute Gasteiger partial charge is 0.332 e. The molecule has 0 spiro atoms. The first kappa shape index (κ1) is 22.5. The quantitative estimate of drug-likeness (QED) is 0.252. The fourth-order valence-corrected chi connectivity index (χ4v) is 6.72. The summed E-state index contributed by atoms with van der Waals surface area (Å²) in [5.74, 6) is -0.360. The highest BCUT2D eigenvalue weighted by atomic mass is 127. The molecule has 1 aromatic heterocycles. The van der Waals surface area contributed by atoms with E-state index in [0.29, 0.717) is 5.02 Å². The van der Waals surface area contributed by atoms with Crippen LogP contribution in [0, 0.1) is 3.57 Å². The van der Waals surface area contributed by atoms with Gasteiger partial charge in [0, 0.05) is 26.2 Å². The molecule has 29 heavy (non-hydrogen) atoms. The summed E-state index contributed by atoms with van der Waals surface area (Å²) < 4.78 is 21.0. The molecule has 0 bridgehead atoms. The molecule has 0 aliphatic carbocycles. The number of halogens is 2. The minimum absolute atomic E-state index is 0.273. The van der Waals surface area contributed by atoms with Crippen molar-refractivity contribution >= 4 is 75.0 Å². The fraction of sp³-hybridized carbons (Fsp3) is 0.190. The third-order valence-corrected chi connectivity index (χ3v) is 8.42. The van der Waals surface area contributed by atoms with Gasteiger partial charge in [-0.3, -0.25) is 9.36 Å². The molecule has 152 valence electrons. The summed E-state index contributed by atoms with van der Waals surface area (Å²) in [6.07, 6.45) is 3.29. The molecule has 0 aliphatic rings. The predicted octanol–water partition coefficient (Wildman–Crippen LogP) is 6.93. The molecule has 2 unspecified atom stereocenters. The second kappa shape index (κ2) is 9.75. The van der Waals surface area contributed by atoms with E-state index < -0.39 is 13.0 Å². The third-order valence-electron chi connectivity index (χ3n) is 4.31. The van der Waals surface area contributed by atoms with Crippen molar-refractivity contribution in [1.82, 2.24) is 5.32 Å². The fourth-order valence-electron chi connectivity index (χ4n) is 3.08. The zero-order chi connectivity index (χ0) is 21.0. The molecule has 0 aliphatic heterocycles. The van der Waals surface area contributed by atoms with E-state index in [1.807, 2.05) is 35.7 Å². The summed E-state index contributed by atoms with van der Waals surface area (Å²) in [5, 5.41) is 6.22. The lowest BCUT2D eigenvalue weighted by Gasteiger charge is -2.22. The number of fused-ring (bicyclic) bond motifs is 1. The maximum absolute atomic E-state index is 13.3. The van der Waals surface area contributed by atoms with Crippen molar-refractivity contribution in [3.8, 4) is 0 Å². The molecule has 3 aromatic rings. The first-order chi connectivity index (χ1) is 13.8. The molecule has 8 heteroatoms. The number of benzene rings is 2. The van der Waals surface area contributed by atoms with Crippen LogP contribution < -0.4 is 5.32 Å². The van der Waals surface area contributed by atoms with E-state index >= 15 is 0 Å². The smallest absolute Gasteiger partial charge is 0.241 e. The van der Waals surface area contributed by atoms with Gasteiger partial charge in [-0.05, 0) is 87.8 Å². The van der Waals surface area contributed by atoms with E-state index in [4.69, 9.17) is 16.1 Å². The predicted molar refractivity (Wildman–Crippen MR) is 131 cm³/mol. The van der Waals surface area contributed by atoms with Crippen LogP contribution in [0.3, 0.4) is 0 Å². The monoisotopic (exact) mass is 559 g/mol.